The summed E-state index contributed by atoms with van der Waals surface area (Å²) in [6.45, 7) is 7.91. The molecule has 66 heavy (non-hydrogen) atoms. The van der Waals surface area contributed by atoms with E-state index in [1.165, 1.54) is 14.2 Å². The number of hydrogen-bond donors (Lipinski definition) is 4. The number of imidazole rings is 2. The van der Waals surface area contributed by atoms with E-state index in [0.717, 1.165) is 61.9 Å². The van der Waals surface area contributed by atoms with Crippen molar-refractivity contribution < 1.29 is 38.1 Å². The van der Waals surface area contributed by atoms with Gasteiger partial charge in [0.1, 0.15) is 36.1 Å². The van der Waals surface area contributed by atoms with Gasteiger partial charge in [-0.05, 0) is 76.6 Å². The van der Waals surface area contributed by atoms with Crippen LogP contribution in [0.1, 0.15) is 80.9 Å². The maximum absolute atomic E-state index is 14.4. The molecule has 344 valence electrons. The normalized spacial score (nSPS) is 20.3. The standard InChI is InChI=1S/C50H56N8O8/c1-7-28(3)42(55-49(61)64-5)47(59)57-23-27(2)17-39(57)45-51-22-38(53-45)32-13-15-34-33(19-32)26-66-41-21-35-31(20-36(34)41)14-16-37-44(35)54-46(52-37)40-18-29(25-63-4)24-58(40)48(60)43(56-50(62)65-6)30-11-9-8-10-12-30/h8-16,19-22,27-29,39-40,42-43H,7,17-18,23-26H2,1-6H3,(H,51,53)(H,52,54)(H,55,61)(H,56,62)/t27?,28?,29-,39-,40-,42-,43?/m0/s1. The van der Waals surface area contributed by atoms with Crippen molar-refractivity contribution in [1.82, 2.24) is 40.4 Å². The Labute approximate surface area is 382 Å². The number of hydrogen-bond acceptors (Lipinski definition) is 10. The summed E-state index contributed by atoms with van der Waals surface area (Å²) < 4.78 is 21.8. The molecule has 3 aliphatic heterocycles. The van der Waals surface area contributed by atoms with Gasteiger partial charge in [0.2, 0.25) is 5.91 Å². The molecule has 0 bridgehead atoms. The maximum Gasteiger partial charge on any atom is 0.407 e. The summed E-state index contributed by atoms with van der Waals surface area (Å²) in [5.41, 5.74) is 7.10. The molecule has 7 atom stereocenters. The number of methoxy groups -OCH3 is 3. The lowest BCUT2D eigenvalue weighted by Gasteiger charge is -2.30. The number of aromatic amines is 2. The Morgan fingerprint density at radius 2 is 1.61 bits per heavy atom. The lowest BCUT2D eigenvalue weighted by molar-refractivity contribution is -0.136. The zero-order chi connectivity index (χ0) is 46.2. The first-order valence-corrected chi connectivity index (χ1v) is 22.6. The van der Waals surface area contributed by atoms with E-state index in [9.17, 15) is 19.2 Å². The van der Waals surface area contributed by atoms with Gasteiger partial charge < -0.3 is 49.3 Å². The summed E-state index contributed by atoms with van der Waals surface area (Å²) in [4.78, 5) is 73.8. The molecule has 16 heteroatoms. The van der Waals surface area contributed by atoms with Gasteiger partial charge in [0, 0.05) is 37.1 Å². The second-order valence-corrected chi connectivity index (χ2v) is 17.9. The number of H-pyrrole nitrogens is 2. The van der Waals surface area contributed by atoms with E-state index in [4.69, 9.17) is 28.9 Å². The van der Waals surface area contributed by atoms with Crippen LogP contribution in [0, 0.1) is 17.8 Å². The Kier molecular flexibility index (Phi) is 12.4. The van der Waals surface area contributed by atoms with Gasteiger partial charge in [0.15, 0.2) is 0 Å². The van der Waals surface area contributed by atoms with Crippen molar-refractivity contribution in [3.63, 3.8) is 0 Å². The minimum absolute atomic E-state index is 0.0579. The van der Waals surface area contributed by atoms with Gasteiger partial charge in [0.05, 0.1) is 55.8 Å². The fourth-order valence-electron chi connectivity index (χ4n) is 9.94. The molecule has 3 unspecified atom stereocenters. The number of carbonyl (C=O) groups excluding carboxylic acids is 4. The average molecular weight is 897 g/mol. The van der Waals surface area contributed by atoms with Crippen molar-refractivity contribution >= 4 is 45.8 Å². The summed E-state index contributed by atoms with van der Waals surface area (Å²) in [5.74, 6) is 1.94. The van der Waals surface area contributed by atoms with Gasteiger partial charge in [-0.2, -0.15) is 0 Å². The minimum atomic E-state index is -0.956. The molecule has 0 aliphatic carbocycles. The van der Waals surface area contributed by atoms with E-state index < -0.39 is 30.3 Å². The molecule has 2 saturated heterocycles. The molecule has 4 aromatic carbocycles. The maximum atomic E-state index is 14.4. The zero-order valence-electron chi connectivity index (χ0n) is 38.1. The number of amides is 4. The number of alkyl carbamates (subject to hydrolysis) is 2. The third-order valence-electron chi connectivity index (χ3n) is 13.5. The second kappa shape index (κ2) is 18.5. The van der Waals surface area contributed by atoms with Gasteiger partial charge in [-0.1, -0.05) is 75.7 Å². The molecule has 0 spiro atoms. The Bertz CT molecular complexity index is 2790. The molecule has 3 aliphatic rings. The van der Waals surface area contributed by atoms with Gasteiger partial charge in [-0.25, -0.2) is 19.6 Å². The van der Waals surface area contributed by atoms with Crippen LogP contribution in [0.4, 0.5) is 9.59 Å². The SMILES string of the molecule is CCC(C)[C@H](NC(=O)OC)C(=O)N1CC(C)C[C@H]1c1ncc(-c2ccc3c(c2)COc2cc4c(ccc5[nH]c([C@@H]6C[C@H](COC)CN6C(=O)C(NC(=O)OC)c6ccccc6)nc54)cc2-3)[nH]1. The molecule has 9 rings (SSSR count). The highest BCUT2D eigenvalue weighted by atomic mass is 16.5. The predicted molar refractivity (Wildman–Crippen MR) is 247 cm³/mol. The van der Waals surface area contributed by atoms with Crippen molar-refractivity contribution in [2.24, 2.45) is 17.8 Å². The van der Waals surface area contributed by atoms with Gasteiger partial charge in [0.25, 0.3) is 5.91 Å². The molecule has 5 heterocycles. The van der Waals surface area contributed by atoms with E-state index >= 15 is 0 Å². The quantitative estimate of drug-likeness (QED) is 0.0936. The van der Waals surface area contributed by atoms with Gasteiger partial charge in [-0.15, -0.1) is 0 Å². The van der Waals surface area contributed by atoms with Crippen LogP contribution in [0.3, 0.4) is 0 Å². The lowest BCUT2D eigenvalue weighted by Crippen LogP contribution is -2.51. The molecule has 4 amide bonds. The van der Waals surface area contributed by atoms with E-state index in [1.54, 1.807) is 12.0 Å². The molecule has 0 radical (unpaired) electrons. The fraction of sp³-hybridized carbons (Fsp3) is 0.400. The highest BCUT2D eigenvalue weighted by Crippen LogP contribution is 2.44. The number of benzene rings is 4. The summed E-state index contributed by atoms with van der Waals surface area (Å²) >= 11 is 0. The third kappa shape index (κ3) is 8.41. The van der Waals surface area contributed by atoms with Crippen molar-refractivity contribution in [3.05, 3.63) is 102 Å². The topological polar surface area (TPSA) is 193 Å². The van der Waals surface area contributed by atoms with Crippen LogP contribution in [-0.4, -0.2) is 101 Å². The Morgan fingerprint density at radius 3 is 2.36 bits per heavy atom. The van der Waals surface area contributed by atoms with Crippen LogP contribution in [0.25, 0.3) is 44.2 Å². The van der Waals surface area contributed by atoms with Crippen molar-refractivity contribution in [1.29, 1.82) is 0 Å². The zero-order valence-corrected chi connectivity index (χ0v) is 38.1. The molecular formula is C50H56N8O8. The van der Waals surface area contributed by atoms with Crippen LogP contribution in [0.5, 0.6) is 5.75 Å². The smallest absolute Gasteiger partial charge is 0.407 e. The largest absolute Gasteiger partial charge is 0.488 e. The number of nitrogens with zero attached hydrogens (tertiary/aromatic N) is 4. The fourth-order valence-corrected chi connectivity index (χ4v) is 9.94. The van der Waals surface area contributed by atoms with Gasteiger partial charge in [-0.3, -0.25) is 9.59 Å². The van der Waals surface area contributed by atoms with E-state index in [-0.39, 0.29) is 35.6 Å². The van der Waals surface area contributed by atoms with E-state index in [2.05, 4.69) is 63.9 Å². The molecule has 2 fully saturated rings. The Hall–Kier alpha value is -6.94. The number of fused-ring (bicyclic) bond motifs is 6. The van der Waals surface area contributed by atoms with Crippen LogP contribution < -0.4 is 15.4 Å². The van der Waals surface area contributed by atoms with Crippen LogP contribution in [0.2, 0.25) is 0 Å². The first-order chi connectivity index (χ1) is 32.0. The average Bonchev–Trinajstić information content (AvgIpc) is 4.17. The second-order valence-electron chi connectivity index (χ2n) is 17.9. The number of carbonyl (C=O) groups is 4. The van der Waals surface area contributed by atoms with Gasteiger partial charge >= 0.3 is 12.2 Å². The number of ether oxygens (including phenoxy) is 4. The summed E-state index contributed by atoms with van der Waals surface area (Å²) in [6.07, 6.45) is 2.58. The van der Waals surface area contributed by atoms with Crippen LogP contribution in [-0.2, 0) is 30.4 Å². The van der Waals surface area contributed by atoms with Crippen molar-refractivity contribution in [3.8, 4) is 28.1 Å². The number of nitrogens with one attached hydrogen (secondary N) is 4. The van der Waals surface area contributed by atoms with Crippen LogP contribution in [0.15, 0.2) is 79.0 Å². The summed E-state index contributed by atoms with van der Waals surface area (Å²) in [5, 5.41) is 7.43. The number of aromatic nitrogens is 4. The molecule has 2 aromatic heterocycles. The molecule has 6 aromatic rings. The Balaban J connectivity index is 0.979. The Morgan fingerprint density at radius 1 is 0.848 bits per heavy atom. The van der Waals surface area contributed by atoms with Crippen molar-refractivity contribution in [2.75, 3.05) is 41.0 Å². The minimum Gasteiger partial charge on any atom is -0.488 e. The predicted octanol–water partition coefficient (Wildman–Crippen LogP) is 7.98. The third-order valence-corrected chi connectivity index (χ3v) is 13.5. The molecule has 16 nitrogen and oxygen atoms in total. The van der Waals surface area contributed by atoms with Crippen molar-refractivity contribution in [2.45, 2.75) is 70.8 Å². The summed E-state index contributed by atoms with van der Waals surface area (Å²) in [7, 11) is 4.23. The monoisotopic (exact) mass is 896 g/mol. The molecule has 0 saturated carbocycles. The van der Waals surface area contributed by atoms with Crippen LogP contribution >= 0.6 is 0 Å². The van der Waals surface area contributed by atoms with E-state index in [1.807, 2.05) is 61.3 Å². The summed E-state index contributed by atoms with van der Waals surface area (Å²) in [6, 6.07) is 21.4. The first-order valence-electron chi connectivity index (χ1n) is 22.6. The molecule has 4 N–H and O–H groups in total. The van der Waals surface area contributed by atoms with E-state index in [0.29, 0.717) is 56.4 Å². The number of rotatable bonds is 12. The number of likely N-dealkylation sites (tertiary alicyclic amines) is 2. The first kappa shape index (κ1) is 44.3. The highest BCUT2D eigenvalue weighted by molar-refractivity contribution is 6.07. The molecular weight excluding hydrogens is 841 g/mol. The highest BCUT2D eigenvalue weighted by Gasteiger charge is 2.43. The lowest BCUT2D eigenvalue weighted by atomic mass is 9.92.